The molecule has 0 bridgehead atoms. The van der Waals surface area contributed by atoms with E-state index in [1.54, 1.807) is 87.0 Å². The van der Waals surface area contributed by atoms with Crippen LogP contribution >= 0.6 is 0 Å². The highest BCUT2D eigenvalue weighted by Gasteiger charge is 2.28. The second-order valence-electron chi connectivity index (χ2n) is 9.23. The lowest BCUT2D eigenvalue weighted by Crippen LogP contribution is -2.39. The highest BCUT2D eigenvalue weighted by molar-refractivity contribution is 6.07. The summed E-state index contributed by atoms with van der Waals surface area (Å²) in [5, 5.41) is 8.48. The lowest BCUT2D eigenvalue weighted by molar-refractivity contribution is -0.131. The third-order valence-electron chi connectivity index (χ3n) is 6.49. The number of nitrogens with one attached hydrogen (secondary N) is 3. The Labute approximate surface area is 238 Å². The van der Waals surface area contributed by atoms with E-state index in [0.29, 0.717) is 34.0 Å². The highest BCUT2D eigenvalue weighted by atomic mass is 16.5. The molecule has 0 heterocycles. The van der Waals surface area contributed by atoms with Crippen LogP contribution in [0.2, 0.25) is 0 Å². The smallest absolute Gasteiger partial charge is 0.255 e. The predicted octanol–water partition coefficient (Wildman–Crippen LogP) is 4.25. The Balaban J connectivity index is 1.50. The molecule has 4 rings (SSSR count). The third kappa shape index (κ3) is 7.63. The Morgan fingerprint density at radius 2 is 1.17 bits per heavy atom. The molecule has 210 valence electrons. The Morgan fingerprint density at radius 1 is 0.683 bits per heavy atom. The van der Waals surface area contributed by atoms with Gasteiger partial charge in [-0.15, -0.1) is 0 Å². The van der Waals surface area contributed by atoms with Gasteiger partial charge in [0.15, 0.2) is 0 Å². The van der Waals surface area contributed by atoms with E-state index in [1.807, 2.05) is 24.3 Å². The molecule has 0 aliphatic heterocycles. The van der Waals surface area contributed by atoms with Gasteiger partial charge in [0.05, 0.1) is 25.6 Å². The summed E-state index contributed by atoms with van der Waals surface area (Å²) in [6.45, 7) is 0.453. The number of amides is 3. The molecule has 41 heavy (non-hydrogen) atoms. The number of benzene rings is 4. The van der Waals surface area contributed by atoms with Gasteiger partial charge in [-0.25, -0.2) is 0 Å². The number of para-hydroxylation sites is 2. The minimum Gasteiger partial charge on any atom is -0.497 e. The molecule has 9 heteroatoms. The zero-order valence-corrected chi connectivity index (χ0v) is 22.8. The minimum atomic E-state index is -1.15. The molecule has 3 amide bonds. The van der Waals surface area contributed by atoms with Crippen molar-refractivity contribution < 1.29 is 23.9 Å². The van der Waals surface area contributed by atoms with Gasteiger partial charge in [-0.2, -0.15) is 0 Å². The number of methoxy groups -OCH3 is 2. The van der Waals surface area contributed by atoms with E-state index in [0.717, 1.165) is 11.1 Å². The average Bonchev–Trinajstić information content (AvgIpc) is 3.01. The standard InChI is InChI=1S/C32H32N4O5/c1-40-25-15-7-21(8-16-25)19-34-31(38)29(32(39)35-20-22-9-17-26(41-2)18-10-22)23-11-13-24(14-12-23)30(37)36-28-6-4-3-5-27(28)33/h3-18,29H,19-20,33H2,1-2H3,(H,34,38)(H,35,39)(H,36,37). The first-order valence-corrected chi connectivity index (χ1v) is 12.9. The fourth-order valence-corrected chi connectivity index (χ4v) is 4.12. The van der Waals surface area contributed by atoms with Gasteiger partial charge in [0, 0.05) is 18.7 Å². The summed E-state index contributed by atoms with van der Waals surface area (Å²) in [6, 6.07) is 27.9. The molecule has 0 unspecified atom stereocenters. The number of hydrogen-bond donors (Lipinski definition) is 4. The molecule has 0 aliphatic carbocycles. The van der Waals surface area contributed by atoms with Gasteiger partial charge >= 0.3 is 0 Å². The highest BCUT2D eigenvalue weighted by Crippen LogP contribution is 2.21. The van der Waals surface area contributed by atoms with E-state index in [2.05, 4.69) is 16.0 Å². The Hall–Kier alpha value is -5.31. The van der Waals surface area contributed by atoms with E-state index in [-0.39, 0.29) is 19.0 Å². The van der Waals surface area contributed by atoms with Crippen LogP contribution in [-0.4, -0.2) is 31.9 Å². The number of ether oxygens (including phenoxy) is 2. The van der Waals surface area contributed by atoms with Gasteiger partial charge in [-0.05, 0) is 65.2 Å². The summed E-state index contributed by atoms with van der Waals surface area (Å²) in [5.74, 6) is -1.04. The van der Waals surface area contributed by atoms with Crippen molar-refractivity contribution in [1.29, 1.82) is 0 Å². The molecule has 0 atom stereocenters. The van der Waals surface area contributed by atoms with Gasteiger partial charge in [0.1, 0.15) is 17.4 Å². The van der Waals surface area contributed by atoms with E-state index < -0.39 is 17.7 Å². The quantitative estimate of drug-likeness (QED) is 0.162. The van der Waals surface area contributed by atoms with E-state index in [1.165, 1.54) is 0 Å². The number of carbonyl (C=O) groups excluding carboxylic acids is 3. The molecule has 0 fully saturated rings. The van der Waals surface area contributed by atoms with Gasteiger partial charge in [-0.1, -0.05) is 48.5 Å². The summed E-state index contributed by atoms with van der Waals surface area (Å²) in [4.78, 5) is 39.5. The van der Waals surface area contributed by atoms with Crippen molar-refractivity contribution in [3.8, 4) is 11.5 Å². The van der Waals surface area contributed by atoms with Crippen LogP contribution in [0.15, 0.2) is 97.1 Å². The summed E-state index contributed by atoms with van der Waals surface area (Å²) in [6.07, 6.45) is 0. The van der Waals surface area contributed by atoms with Crippen molar-refractivity contribution in [3.63, 3.8) is 0 Å². The number of rotatable bonds is 11. The molecule has 4 aromatic carbocycles. The van der Waals surface area contributed by atoms with Crippen molar-refractivity contribution in [2.24, 2.45) is 0 Å². The first-order valence-electron chi connectivity index (χ1n) is 12.9. The van der Waals surface area contributed by atoms with Crippen LogP contribution in [0, 0.1) is 0 Å². The van der Waals surface area contributed by atoms with Gasteiger partial charge < -0.3 is 31.2 Å². The van der Waals surface area contributed by atoms with Crippen LogP contribution in [0.4, 0.5) is 11.4 Å². The van der Waals surface area contributed by atoms with Gasteiger partial charge in [0.25, 0.3) is 5.91 Å². The molecule has 0 saturated heterocycles. The molecule has 5 N–H and O–H groups in total. The monoisotopic (exact) mass is 552 g/mol. The lowest BCUT2D eigenvalue weighted by atomic mass is 9.95. The van der Waals surface area contributed by atoms with Crippen LogP contribution in [0.5, 0.6) is 11.5 Å². The molecule has 0 spiro atoms. The normalized spacial score (nSPS) is 10.5. The van der Waals surface area contributed by atoms with E-state index >= 15 is 0 Å². The summed E-state index contributed by atoms with van der Waals surface area (Å²) >= 11 is 0. The maximum Gasteiger partial charge on any atom is 0.255 e. The topological polar surface area (TPSA) is 132 Å². The third-order valence-corrected chi connectivity index (χ3v) is 6.49. The molecule has 0 aliphatic rings. The van der Waals surface area contributed by atoms with Crippen LogP contribution in [0.25, 0.3) is 0 Å². The number of nitrogen functional groups attached to an aromatic ring is 1. The average molecular weight is 553 g/mol. The molecule has 9 nitrogen and oxygen atoms in total. The zero-order valence-electron chi connectivity index (χ0n) is 22.8. The molecule has 0 radical (unpaired) electrons. The fraction of sp³-hybridized carbons (Fsp3) is 0.156. The zero-order chi connectivity index (χ0) is 29.2. The molecule has 0 aromatic heterocycles. The Morgan fingerprint density at radius 3 is 1.63 bits per heavy atom. The summed E-state index contributed by atoms with van der Waals surface area (Å²) < 4.78 is 10.4. The van der Waals surface area contributed by atoms with Crippen LogP contribution < -0.4 is 31.2 Å². The molecule has 4 aromatic rings. The van der Waals surface area contributed by atoms with Crippen LogP contribution in [0.1, 0.15) is 33.0 Å². The minimum absolute atomic E-state index is 0.226. The lowest BCUT2D eigenvalue weighted by Gasteiger charge is -2.18. The molecular formula is C32H32N4O5. The van der Waals surface area contributed by atoms with E-state index in [4.69, 9.17) is 15.2 Å². The van der Waals surface area contributed by atoms with Gasteiger partial charge in [0.2, 0.25) is 11.8 Å². The maximum atomic E-state index is 13.4. The number of carbonyl (C=O) groups is 3. The first-order chi connectivity index (χ1) is 19.9. The second kappa shape index (κ2) is 13.7. The Bertz CT molecular complexity index is 1420. The second-order valence-corrected chi connectivity index (χ2v) is 9.23. The van der Waals surface area contributed by atoms with Crippen molar-refractivity contribution in [1.82, 2.24) is 10.6 Å². The molecular weight excluding hydrogens is 520 g/mol. The van der Waals surface area contributed by atoms with Crippen LogP contribution in [-0.2, 0) is 22.7 Å². The van der Waals surface area contributed by atoms with Crippen molar-refractivity contribution in [2.45, 2.75) is 19.0 Å². The Kier molecular flexibility index (Phi) is 9.56. The SMILES string of the molecule is COc1ccc(CNC(=O)C(C(=O)NCc2ccc(OC)cc2)c2ccc(C(=O)Nc3ccccc3N)cc2)cc1. The largest absolute Gasteiger partial charge is 0.497 e. The summed E-state index contributed by atoms with van der Waals surface area (Å²) in [7, 11) is 3.16. The predicted molar refractivity (Wildman–Crippen MR) is 158 cm³/mol. The summed E-state index contributed by atoms with van der Waals surface area (Å²) in [5.41, 5.74) is 9.37. The number of hydrogen-bond acceptors (Lipinski definition) is 6. The first kappa shape index (κ1) is 28.7. The fourth-order valence-electron chi connectivity index (χ4n) is 4.12. The van der Waals surface area contributed by atoms with Crippen LogP contribution in [0.3, 0.4) is 0 Å². The van der Waals surface area contributed by atoms with Crippen molar-refractivity contribution in [3.05, 3.63) is 119 Å². The van der Waals surface area contributed by atoms with Crippen molar-refractivity contribution >= 4 is 29.1 Å². The maximum absolute atomic E-state index is 13.4. The van der Waals surface area contributed by atoms with Gasteiger partial charge in [-0.3, -0.25) is 14.4 Å². The van der Waals surface area contributed by atoms with Crippen molar-refractivity contribution in [2.75, 3.05) is 25.3 Å². The number of anilines is 2. The van der Waals surface area contributed by atoms with E-state index in [9.17, 15) is 14.4 Å². The number of nitrogens with two attached hydrogens (primary N) is 1. The molecule has 0 saturated carbocycles.